The van der Waals surface area contributed by atoms with Gasteiger partial charge in [0.2, 0.25) is 0 Å². The molecule has 2 aromatic carbocycles. The van der Waals surface area contributed by atoms with Gasteiger partial charge in [0, 0.05) is 24.2 Å². The Kier molecular flexibility index (Phi) is 5.28. The lowest BCUT2D eigenvalue weighted by Gasteiger charge is -2.21. The molecule has 0 aliphatic carbocycles. The normalized spacial score (nSPS) is 13.1. The summed E-state index contributed by atoms with van der Waals surface area (Å²) in [5.41, 5.74) is -4.07. The van der Waals surface area contributed by atoms with E-state index in [2.05, 4.69) is 20.2 Å². The van der Waals surface area contributed by atoms with Crippen molar-refractivity contribution in [3.05, 3.63) is 71.8 Å². The minimum absolute atomic E-state index is 0.00958. The zero-order chi connectivity index (χ0) is 26.9. The van der Waals surface area contributed by atoms with E-state index in [4.69, 9.17) is 0 Å². The Balaban J connectivity index is 1.76. The van der Waals surface area contributed by atoms with E-state index in [1.54, 1.807) is 0 Å². The Bertz CT molecular complexity index is 1660. The fraction of sp³-hybridized carbons (Fsp3) is 0.174. The van der Waals surface area contributed by atoms with Crippen LogP contribution in [-0.2, 0) is 11.8 Å². The minimum Gasteiger partial charge on any atom is -0.296 e. The molecule has 0 spiro atoms. The molecule has 0 amide bonds. The number of fused-ring (bicyclic) bond motifs is 2. The molecule has 0 saturated carbocycles. The molecule has 0 saturated heterocycles. The van der Waals surface area contributed by atoms with Crippen molar-refractivity contribution in [2.24, 2.45) is 0 Å². The molecule has 3 aromatic heterocycles. The number of aromatic amines is 1. The molecule has 5 aromatic rings. The molecule has 0 aliphatic heterocycles. The first-order valence-corrected chi connectivity index (χ1v) is 10.3. The van der Waals surface area contributed by atoms with Gasteiger partial charge >= 0.3 is 12.1 Å². The molecule has 5 nitrogen and oxygen atoms in total. The number of hydrogen-bond donors (Lipinski definition) is 1. The standard InChI is InChI=1S/C23H12F9N5/c1-21(26,27)20-19(11-3-5-15-12(18(11)25)7-34-36-15)37-9-16(33-8-17(37)35-20)10-2-4-14(24)13(6-10)22(28,29)23(30,31)32/h2-9H,1H3,(H,34,36). The summed E-state index contributed by atoms with van der Waals surface area (Å²) < 4.78 is 126. The number of alkyl halides is 7. The van der Waals surface area contributed by atoms with Crippen LogP contribution in [0.4, 0.5) is 39.5 Å². The first kappa shape index (κ1) is 24.6. The molecule has 0 unspecified atom stereocenters. The highest BCUT2D eigenvalue weighted by atomic mass is 19.4. The van der Waals surface area contributed by atoms with Crippen LogP contribution in [0.25, 0.3) is 39.1 Å². The zero-order valence-corrected chi connectivity index (χ0v) is 18.3. The number of rotatable bonds is 4. The first-order valence-electron chi connectivity index (χ1n) is 10.3. The molecule has 0 radical (unpaired) electrons. The molecule has 0 atom stereocenters. The lowest BCUT2D eigenvalue weighted by molar-refractivity contribution is -0.290. The molecule has 37 heavy (non-hydrogen) atoms. The van der Waals surface area contributed by atoms with Gasteiger partial charge in [0.05, 0.1) is 40.2 Å². The lowest BCUT2D eigenvalue weighted by Crippen LogP contribution is -2.34. The van der Waals surface area contributed by atoms with Gasteiger partial charge in [-0.2, -0.15) is 35.8 Å². The van der Waals surface area contributed by atoms with Crippen LogP contribution in [0, 0.1) is 11.6 Å². The average Bonchev–Trinajstić information content (AvgIpc) is 3.43. The molecule has 0 bridgehead atoms. The van der Waals surface area contributed by atoms with E-state index in [1.165, 1.54) is 12.1 Å². The number of H-pyrrole nitrogens is 1. The smallest absolute Gasteiger partial charge is 0.296 e. The summed E-state index contributed by atoms with van der Waals surface area (Å²) in [6, 6.07) is 4.16. The predicted molar refractivity (Wildman–Crippen MR) is 113 cm³/mol. The molecule has 192 valence electrons. The van der Waals surface area contributed by atoms with Crippen LogP contribution < -0.4 is 0 Å². The number of hydrogen-bond acceptors (Lipinski definition) is 3. The molecule has 0 fully saturated rings. The van der Waals surface area contributed by atoms with E-state index in [0.29, 0.717) is 13.0 Å². The summed E-state index contributed by atoms with van der Waals surface area (Å²) in [7, 11) is 0. The van der Waals surface area contributed by atoms with Gasteiger partial charge in [-0.25, -0.2) is 13.8 Å². The maximum Gasteiger partial charge on any atom is 0.458 e. The second kappa shape index (κ2) is 7.95. The first-order chi connectivity index (χ1) is 17.2. The van der Waals surface area contributed by atoms with Gasteiger partial charge in [-0.15, -0.1) is 0 Å². The third-order valence-electron chi connectivity index (χ3n) is 5.69. The van der Waals surface area contributed by atoms with E-state index in [9.17, 15) is 35.1 Å². The largest absolute Gasteiger partial charge is 0.458 e. The zero-order valence-electron chi connectivity index (χ0n) is 18.3. The maximum absolute atomic E-state index is 15.3. The van der Waals surface area contributed by atoms with E-state index in [0.717, 1.165) is 29.1 Å². The quantitative estimate of drug-likeness (QED) is 0.256. The van der Waals surface area contributed by atoms with E-state index in [1.807, 2.05) is 0 Å². The highest BCUT2D eigenvalue weighted by Gasteiger charge is 2.60. The number of imidazole rings is 1. The van der Waals surface area contributed by atoms with Crippen molar-refractivity contribution in [2.45, 2.75) is 24.9 Å². The molecule has 3 heterocycles. The van der Waals surface area contributed by atoms with Gasteiger partial charge in [-0.3, -0.25) is 14.5 Å². The topological polar surface area (TPSA) is 58.9 Å². The third kappa shape index (κ3) is 3.86. The number of halogens is 9. The third-order valence-corrected chi connectivity index (χ3v) is 5.69. The van der Waals surface area contributed by atoms with Crippen molar-refractivity contribution in [3.63, 3.8) is 0 Å². The van der Waals surface area contributed by atoms with Crippen LogP contribution in [0.15, 0.2) is 48.9 Å². The monoisotopic (exact) mass is 529 g/mol. The van der Waals surface area contributed by atoms with Crippen LogP contribution in [-0.4, -0.2) is 30.7 Å². The fourth-order valence-corrected chi connectivity index (χ4v) is 3.91. The van der Waals surface area contributed by atoms with Gasteiger partial charge in [0.15, 0.2) is 5.65 Å². The number of aromatic nitrogens is 5. The van der Waals surface area contributed by atoms with E-state index >= 15 is 4.39 Å². The lowest BCUT2D eigenvalue weighted by atomic mass is 10.0. The molecule has 14 heteroatoms. The second-order valence-electron chi connectivity index (χ2n) is 8.22. The predicted octanol–water partition coefficient (Wildman–Crippen LogP) is 6.98. The van der Waals surface area contributed by atoms with Crippen molar-refractivity contribution in [3.8, 4) is 22.5 Å². The van der Waals surface area contributed by atoms with Gasteiger partial charge in [0.25, 0.3) is 5.92 Å². The van der Waals surface area contributed by atoms with Crippen molar-refractivity contribution >= 4 is 16.6 Å². The molecule has 0 aliphatic rings. The molecule has 5 rings (SSSR count). The Morgan fingerprint density at radius 1 is 0.919 bits per heavy atom. The number of nitrogens with one attached hydrogen (secondary N) is 1. The van der Waals surface area contributed by atoms with Gasteiger partial charge in [-0.1, -0.05) is 0 Å². The summed E-state index contributed by atoms with van der Waals surface area (Å²) in [4.78, 5) is 7.74. The Morgan fingerprint density at radius 2 is 1.65 bits per heavy atom. The summed E-state index contributed by atoms with van der Waals surface area (Å²) in [5, 5.41) is 6.23. The van der Waals surface area contributed by atoms with Gasteiger partial charge in [-0.05, 0) is 30.3 Å². The highest BCUT2D eigenvalue weighted by molar-refractivity contribution is 5.85. The summed E-state index contributed by atoms with van der Waals surface area (Å²) in [6.07, 6.45) is -2.97. The molecular formula is C23H12F9N5. The SMILES string of the molecule is CC(F)(F)c1nc2cnc(-c3ccc(F)c(C(F)(F)C(F)(F)F)c3)cn2c1-c1ccc2[nH]ncc2c1F. The average molecular weight is 529 g/mol. The Labute approximate surface area is 200 Å². The van der Waals surface area contributed by atoms with Crippen molar-refractivity contribution in [1.82, 2.24) is 24.6 Å². The summed E-state index contributed by atoms with van der Waals surface area (Å²) >= 11 is 0. The fourth-order valence-electron chi connectivity index (χ4n) is 3.91. The van der Waals surface area contributed by atoms with Gasteiger partial charge < -0.3 is 0 Å². The van der Waals surface area contributed by atoms with Crippen molar-refractivity contribution in [1.29, 1.82) is 0 Å². The summed E-state index contributed by atoms with van der Waals surface area (Å²) in [5.74, 6) is -11.8. The van der Waals surface area contributed by atoms with Crippen LogP contribution in [0.3, 0.4) is 0 Å². The maximum atomic E-state index is 15.3. The summed E-state index contributed by atoms with van der Waals surface area (Å²) in [6.45, 7) is 0.534. The molecule has 1 N–H and O–H groups in total. The number of benzene rings is 2. The van der Waals surface area contributed by atoms with E-state index < -0.39 is 46.6 Å². The van der Waals surface area contributed by atoms with Crippen LogP contribution in [0.2, 0.25) is 0 Å². The highest BCUT2D eigenvalue weighted by Crippen LogP contribution is 2.46. The second-order valence-corrected chi connectivity index (χ2v) is 8.22. The van der Waals surface area contributed by atoms with Crippen molar-refractivity contribution in [2.75, 3.05) is 0 Å². The Hall–Kier alpha value is -4.10. The molecular weight excluding hydrogens is 517 g/mol. The van der Waals surface area contributed by atoms with E-state index in [-0.39, 0.29) is 39.4 Å². The number of nitrogens with zero attached hydrogens (tertiary/aromatic N) is 4. The van der Waals surface area contributed by atoms with Crippen LogP contribution in [0.1, 0.15) is 18.2 Å². The van der Waals surface area contributed by atoms with Gasteiger partial charge in [0.1, 0.15) is 17.3 Å². The Morgan fingerprint density at radius 3 is 2.32 bits per heavy atom. The van der Waals surface area contributed by atoms with Crippen LogP contribution in [0.5, 0.6) is 0 Å². The van der Waals surface area contributed by atoms with Crippen molar-refractivity contribution < 1.29 is 39.5 Å². The minimum atomic E-state index is -6.08. The van der Waals surface area contributed by atoms with Crippen LogP contribution >= 0.6 is 0 Å².